The first-order chi connectivity index (χ1) is 10.8. The molecule has 1 nitrogen and oxygen atoms in total. The maximum Gasteiger partial charge on any atom is 0.226 e. The number of unbranched alkanes of at least 4 members (excludes halogenated alkanes) is 1. The van der Waals surface area contributed by atoms with Crippen molar-refractivity contribution in [1.29, 1.82) is 0 Å². The Labute approximate surface area is 186 Å². The van der Waals surface area contributed by atoms with E-state index >= 15 is 0 Å². The summed E-state index contributed by atoms with van der Waals surface area (Å²) in [6, 6.07) is 6.94. The van der Waals surface area contributed by atoms with Gasteiger partial charge in [0.2, 0.25) is 8.13 Å². The molecule has 0 aromatic heterocycles. The molecule has 0 aliphatic heterocycles. The molecule has 10 heteroatoms. The predicted molar refractivity (Wildman–Crippen MR) is 109 cm³/mol. The average Bonchev–Trinajstić information content (AvgIpc) is 2.46. The Morgan fingerprint density at radius 2 is 1.29 bits per heavy atom. The van der Waals surface area contributed by atoms with E-state index in [1.807, 2.05) is 0 Å². The summed E-state index contributed by atoms with van der Waals surface area (Å²) in [5.41, 5.74) is 1.14. The van der Waals surface area contributed by atoms with Gasteiger partial charge >= 0.3 is 0 Å². The van der Waals surface area contributed by atoms with Crippen molar-refractivity contribution in [2.45, 2.75) is 36.1 Å². The van der Waals surface area contributed by atoms with Crippen LogP contribution in [-0.4, -0.2) is 24.2 Å². The maximum atomic E-state index is 8.93. The third-order valence-electron chi connectivity index (χ3n) is 3.35. The SMILES string of the molecule is OCCCCc1ccccc1C(Cl)(Cl)C(Cl)(Cl)C(Cl)(Cl)C(Cl)(Cl)Cl. The van der Waals surface area contributed by atoms with Gasteiger partial charge in [-0.15, -0.1) is 0 Å². The van der Waals surface area contributed by atoms with Gasteiger partial charge in [-0.3, -0.25) is 0 Å². The van der Waals surface area contributed by atoms with Gasteiger partial charge in [-0.2, -0.15) is 0 Å². The van der Waals surface area contributed by atoms with Crippen LogP contribution in [0.5, 0.6) is 0 Å². The zero-order chi connectivity index (χ0) is 18.8. The summed E-state index contributed by atoms with van der Waals surface area (Å²) in [6.45, 7) is 0.0732. The Bertz CT molecular complexity index is 551. The van der Waals surface area contributed by atoms with E-state index in [-0.39, 0.29) is 6.61 Å². The van der Waals surface area contributed by atoms with Crippen molar-refractivity contribution in [3.8, 4) is 0 Å². The van der Waals surface area contributed by atoms with Crippen LogP contribution in [0.3, 0.4) is 0 Å². The highest BCUT2D eigenvalue weighted by atomic mass is 35.6. The Morgan fingerprint density at radius 3 is 1.79 bits per heavy atom. The number of halogens is 9. The van der Waals surface area contributed by atoms with E-state index in [0.717, 1.165) is 5.56 Å². The van der Waals surface area contributed by atoms with Crippen LogP contribution >= 0.6 is 104 Å². The summed E-state index contributed by atoms with van der Waals surface area (Å²) in [7, 11) is 0. The molecule has 1 aromatic rings. The van der Waals surface area contributed by atoms with E-state index in [9.17, 15) is 0 Å². The minimum Gasteiger partial charge on any atom is -0.396 e. The molecular formula is C14H13Cl9O. The number of hydrogen-bond donors (Lipinski definition) is 1. The molecule has 0 amide bonds. The van der Waals surface area contributed by atoms with Crippen LogP contribution in [-0.2, 0) is 10.8 Å². The van der Waals surface area contributed by atoms with Gasteiger partial charge in [-0.05, 0) is 30.4 Å². The topological polar surface area (TPSA) is 20.2 Å². The van der Waals surface area contributed by atoms with Gasteiger partial charge in [0.05, 0.1) is 0 Å². The summed E-state index contributed by atoms with van der Waals surface area (Å²) in [4.78, 5) is 0. The third kappa shape index (κ3) is 4.79. The second-order valence-corrected chi connectivity index (χ2v) is 11.3. The van der Waals surface area contributed by atoms with Crippen molar-refractivity contribution in [2.24, 2.45) is 0 Å². The number of hydrogen-bond acceptors (Lipinski definition) is 1. The van der Waals surface area contributed by atoms with Gasteiger partial charge in [0.25, 0.3) is 0 Å². The second kappa shape index (κ2) is 8.86. The van der Waals surface area contributed by atoms with Crippen molar-refractivity contribution in [3.05, 3.63) is 35.4 Å². The number of aliphatic hydroxyl groups is 1. The first-order valence-corrected chi connectivity index (χ1v) is 10.1. The van der Waals surface area contributed by atoms with E-state index in [2.05, 4.69) is 0 Å². The molecule has 0 radical (unpaired) electrons. The van der Waals surface area contributed by atoms with E-state index in [4.69, 9.17) is 110 Å². The fraction of sp³-hybridized carbons (Fsp3) is 0.571. The van der Waals surface area contributed by atoms with Crippen LogP contribution in [0.2, 0.25) is 0 Å². The van der Waals surface area contributed by atoms with E-state index in [1.54, 1.807) is 24.3 Å². The highest BCUT2D eigenvalue weighted by molar-refractivity contribution is 6.80. The molecule has 0 aliphatic carbocycles. The van der Waals surface area contributed by atoms with Gasteiger partial charge < -0.3 is 5.11 Å². The van der Waals surface area contributed by atoms with Gasteiger partial charge in [-0.1, -0.05) is 129 Å². The summed E-state index contributed by atoms with van der Waals surface area (Å²) in [6.07, 6.45) is 1.89. The molecule has 1 N–H and O–H groups in total. The fourth-order valence-corrected chi connectivity index (χ4v) is 4.35. The van der Waals surface area contributed by atoms with Crippen molar-refractivity contribution in [2.75, 3.05) is 6.61 Å². The molecule has 0 saturated heterocycles. The average molecular weight is 516 g/mol. The lowest BCUT2D eigenvalue weighted by atomic mass is 9.96. The Hall–Kier alpha value is 1.79. The Morgan fingerprint density at radius 1 is 0.750 bits per heavy atom. The van der Waals surface area contributed by atoms with E-state index in [1.165, 1.54) is 0 Å². The quantitative estimate of drug-likeness (QED) is 0.297. The molecule has 0 saturated carbocycles. The maximum absolute atomic E-state index is 8.93. The molecule has 138 valence electrons. The van der Waals surface area contributed by atoms with Gasteiger partial charge in [-0.25, -0.2) is 0 Å². The summed E-state index contributed by atoms with van der Waals surface area (Å²) >= 11 is 55.2. The highest BCUT2D eigenvalue weighted by Gasteiger charge is 2.68. The number of aliphatic hydroxyl groups excluding tert-OH is 1. The standard InChI is InChI=1S/C14H13Cl9O/c15-11(16,12(17,18)13(19,20)14(21,22)23)10-7-2-1-5-9(10)6-3-4-8-24/h1-2,5,7,24H,3-4,6,8H2. The Balaban J connectivity index is 3.33. The monoisotopic (exact) mass is 512 g/mol. The number of alkyl halides is 9. The normalized spacial score (nSPS) is 14.1. The van der Waals surface area contributed by atoms with Crippen molar-refractivity contribution >= 4 is 104 Å². The molecule has 0 heterocycles. The Kier molecular flexibility index (Phi) is 8.80. The lowest BCUT2D eigenvalue weighted by Gasteiger charge is -2.44. The van der Waals surface area contributed by atoms with Crippen molar-refractivity contribution < 1.29 is 5.11 Å². The van der Waals surface area contributed by atoms with Gasteiger partial charge in [0.15, 0.2) is 8.67 Å². The third-order valence-corrected chi connectivity index (χ3v) is 8.80. The number of benzene rings is 1. The molecule has 0 fully saturated rings. The van der Waals surface area contributed by atoms with Gasteiger partial charge in [0.1, 0.15) is 0 Å². The number of rotatable bonds is 7. The molecule has 1 aromatic carbocycles. The van der Waals surface area contributed by atoms with Crippen molar-refractivity contribution in [3.63, 3.8) is 0 Å². The minimum atomic E-state index is -2.32. The van der Waals surface area contributed by atoms with Crippen LogP contribution in [0.25, 0.3) is 0 Å². The molecular weight excluding hydrogens is 503 g/mol. The smallest absolute Gasteiger partial charge is 0.226 e. The molecule has 24 heavy (non-hydrogen) atoms. The molecule has 1 rings (SSSR count). The van der Waals surface area contributed by atoms with Crippen LogP contribution in [0.1, 0.15) is 24.0 Å². The zero-order valence-electron chi connectivity index (χ0n) is 12.0. The highest BCUT2D eigenvalue weighted by Crippen LogP contribution is 2.65. The lowest BCUT2D eigenvalue weighted by Crippen LogP contribution is -2.55. The van der Waals surface area contributed by atoms with E-state index in [0.29, 0.717) is 24.8 Å². The largest absolute Gasteiger partial charge is 0.396 e. The summed E-state index contributed by atoms with van der Waals surface area (Å²) in [5.74, 6) is 0. The lowest BCUT2D eigenvalue weighted by molar-refractivity contribution is 0.284. The predicted octanol–water partition coefficient (Wildman–Crippen LogP) is 7.35. The van der Waals surface area contributed by atoms with E-state index < -0.39 is 16.8 Å². The van der Waals surface area contributed by atoms with Crippen LogP contribution in [0, 0.1) is 0 Å². The zero-order valence-corrected chi connectivity index (χ0v) is 18.8. The second-order valence-electron chi connectivity index (χ2n) is 5.06. The summed E-state index contributed by atoms with van der Waals surface area (Å²) < 4.78 is -8.85. The molecule has 0 bridgehead atoms. The summed E-state index contributed by atoms with van der Waals surface area (Å²) in [5, 5.41) is 8.93. The molecule has 0 aliphatic rings. The number of aryl methyl sites for hydroxylation is 1. The minimum absolute atomic E-state index is 0.0732. The first kappa shape index (κ1) is 23.8. The first-order valence-electron chi connectivity index (χ1n) is 6.70. The molecule has 0 atom stereocenters. The molecule has 0 spiro atoms. The van der Waals surface area contributed by atoms with Gasteiger partial charge in [0, 0.05) is 6.61 Å². The van der Waals surface area contributed by atoms with Crippen LogP contribution in [0.15, 0.2) is 24.3 Å². The van der Waals surface area contributed by atoms with Crippen molar-refractivity contribution in [1.82, 2.24) is 0 Å². The fourth-order valence-electron chi connectivity index (χ4n) is 2.02. The molecule has 0 unspecified atom stereocenters. The van der Waals surface area contributed by atoms with Crippen LogP contribution in [0.4, 0.5) is 0 Å². The van der Waals surface area contributed by atoms with Crippen LogP contribution < -0.4 is 0 Å².